The molecule has 1 unspecified atom stereocenters. The van der Waals surface area contributed by atoms with Gasteiger partial charge in [-0.25, -0.2) is 0 Å². The van der Waals surface area contributed by atoms with Gasteiger partial charge in [-0.15, -0.1) is 0 Å². The van der Waals surface area contributed by atoms with Crippen molar-refractivity contribution in [2.24, 2.45) is 0 Å². The van der Waals surface area contributed by atoms with Crippen LogP contribution in [0.15, 0.2) is 121 Å². The van der Waals surface area contributed by atoms with E-state index in [1.54, 1.807) is 16.9 Å². The topological polar surface area (TPSA) is 0 Å². The molecular weight excluding hydrogens is 418 g/mol. The van der Waals surface area contributed by atoms with E-state index in [0.29, 0.717) is 0 Å². The summed E-state index contributed by atoms with van der Waals surface area (Å²) in [5.74, 6) is 0. The van der Waals surface area contributed by atoms with Crippen LogP contribution >= 0.6 is 7.92 Å². The van der Waals surface area contributed by atoms with Crippen molar-refractivity contribution in [2.75, 3.05) is 6.16 Å². The van der Waals surface area contributed by atoms with Crippen LogP contribution in [-0.4, -0.2) is 23.0 Å². The van der Waals surface area contributed by atoms with Gasteiger partial charge in [0.1, 0.15) is 0 Å². The van der Waals surface area contributed by atoms with Crippen LogP contribution < -0.4 is 10.6 Å². The molecule has 1 atom stereocenters. The van der Waals surface area contributed by atoms with E-state index in [-0.39, 0.29) is 4.20 Å². The molecule has 4 aromatic carbocycles. The number of hydrogen-bond donors (Lipinski definition) is 0. The van der Waals surface area contributed by atoms with Crippen molar-refractivity contribution in [3.05, 3.63) is 132 Å². The summed E-state index contributed by atoms with van der Waals surface area (Å²) in [5, 5.41) is 2.88. The molecule has 0 N–H and O–H groups in total. The second kappa shape index (κ2) is 8.91. The molecule has 28 heavy (non-hydrogen) atoms. The molecule has 0 fully saturated rings. The van der Waals surface area contributed by atoms with E-state index in [4.69, 9.17) is 0 Å². The molecular formula is C26H24AsP. The third-order valence-corrected chi connectivity index (χ3v) is 10.3. The van der Waals surface area contributed by atoms with Crippen molar-refractivity contribution in [3.8, 4) is 0 Å². The number of hydrogen-bond acceptors (Lipinski definition) is 0. The van der Waals surface area contributed by atoms with Gasteiger partial charge in [0.05, 0.1) is 0 Å². The monoisotopic (exact) mass is 442 g/mol. The predicted octanol–water partition coefficient (Wildman–Crippen LogP) is 4.70. The first-order valence-electron chi connectivity index (χ1n) is 9.55. The summed E-state index contributed by atoms with van der Waals surface area (Å²) in [5.41, 5.74) is 2.81. The first-order chi connectivity index (χ1) is 13.8. The Morgan fingerprint density at radius 1 is 0.500 bits per heavy atom. The second-order valence-electron chi connectivity index (χ2n) is 6.96. The maximum absolute atomic E-state index is 2.29. The van der Waals surface area contributed by atoms with Crippen LogP contribution in [0.3, 0.4) is 0 Å². The number of rotatable bonds is 6. The molecule has 0 amide bonds. The Bertz CT molecular complexity index is 907. The second-order valence-corrected chi connectivity index (χ2v) is 11.2. The first-order valence-corrected chi connectivity index (χ1v) is 12.3. The molecule has 138 valence electrons. The molecule has 0 nitrogen and oxygen atoms in total. The van der Waals surface area contributed by atoms with E-state index in [9.17, 15) is 0 Å². The summed E-state index contributed by atoms with van der Waals surface area (Å²) >= 11 is 1.80. The van der Waals surface area contributed by atoms with Gasteiger partial charge in [0.25, 0.3) is 0 Å². The van der Waals surface area contributed by atoms with Gasteiger partial charge in [-0.2, -0.15) is 0 Å². The average Bonchev–Trinajstić information content (AvgIpc) is 2.80. The Labute approximate surface area is 177 Å². The molecule has 0 heterocycles. The quantitative estimate of drug-likeness (QED) is 0.300. The third kappa shape index (κ3) is 4.15. The standard InChI is InChI=1S/C26H24AsP/c27-26(22-13-5-1-6-14-22,23-15-7-2-8-16-23)21-28(24-17-9-3-10-18-24)25-19-11-4-12-20-25/h1-20H,21,27H2. The predicted molar refractivity (Wildman–Crippen MR) is 126 cm³/mol. The van der Waals surface area contributed by atoms with Crippen molar-refractivity contribution < 1.29 is 0 Å². The van der Waals surface area contributed by atoms with E-state index >= 15 is 0 Å². The normalized spacial score (nSPS) is 11.5. The first kappa shape index (κ1) is 19.2. The summed E-state index contributed by atoms with van der Waals surface area (Å²) in [7, 11) is -0.470. The third-order valence-electron chi connectivity index (χ3n) is 5.12. The Hall–Kier alpha value is -2.13. The zero-order chi connectivity index (χ0) is 19.2. The van der Waals surface area contributed by atoms with E-state index in [0.717, 1.165) is 6.16 Å². The summed E-state index contributed by atoms with van der Waals surface area (Å²) in [6.45, 7) is 0. The minimum atomic E-state index is -0.470. The molecule has 4 aromatic rings. The summed E-state index contributed by atoms with van der Waals surface area (Å²) in [4.78, 5) is 0. The van der Waals surface area contributed by atoms with E-state index in [1.807, 2.05) is 0 Å². The Balaban J connectivity index is 1.84. The maximum atomic E-state index is 2.29. The van der Waals surface area contributed by atoms with Crippen LogP contribution in [0, 0.1) is 0 Å². The molecule has 0 aliphatic carbocycles. The van der Waals surface area contributed by atoms with E-state index in [2.05, 4.69) is 121 Å². The van der Waals surface area contributed by atoms with Crippen molar-refractivity contribution in [2.45, 2.75) is 4.20 Å². The Kier molecular flexibility index (Phi) is 6.11. The zero-order valence-electron chi connectivity index (χ0n) is 15.8. The fraction of sp³-hybridized carbons (Fsp3) is 0.0769. The molecule has 0 radical (unpaired) electrons. The zero-order valence-corrected chi connectivity index (χ0v) is 19.1. The molecule has 0 spiro atoms. The van der Waals surface area contributed by atoms with Gasteiger partial charge >= 0.3 is 178 Å². The molecule has 0 aliphatic rings. The summed E-state index contributed by atoms with van der Waals surface area (Å²) in [6, 6.07) is 44.1. The van der Waals surface area contributed by atoms with E-state index < -0.39 is 7.92 Å². The van der Waals surface area contributed by atoms with Crippen molar-refractivity contribution >= 4 is 35.4 Å². The molecule has 2 heteroatoms. The van der Waals surface area contributed by atoms with Gasteiger partial charge in [-0.1, -0.05) is 0 Å². The van der Waals surface area contributed by atoms with Crippen LogP contribution in [-0.2, 0) is 4.20 Å². The van der Waals surface area contributed by atoms with Crippen molar-refractivity contribution in [1.82, 2.24) is 0 Å². The molecule has 0 aliphatic heterocycles. The van der Waals surface area contributed by atoms with Crippen molar-refractivity contribution in [3.63, 3.8) is 0 Å². The van der Waals surface area contributed by atoms with Crippen LogP contribution in [0.4, 0.5) is 0 Å². The van der Waals surface area contributed by atoms with Gasteiger partial charge in [0, 0.05) is 0 Å². The Morgan fingerprint density at radius 3 is 1.18 bits per heavy atom. The van der Waals surface area contributed by atoms with Gasteiger partial charge in [0.2, 0.25) is 0 Å². The van der Waals surface area contributed by atoms with Crippen LogP contribution in [0.25, 0.3) is 0 Å². The van der Waals surface area contributed by atoms with Gasteiger partial charge in [-0.3, -0.25) is 0 Å². The minimum absolute atomic E-state index is 0.00685. The van der Waals surface area contributed by atoms with Gasteiger partial charge in [-0.05, 0) is 0 Å². The van der Waals surface area contributed by atoms with Crippen LogP contribution in [0.1, 0.15) is 11.1 Å². The molecule has 4 rings (SSSR count). The van der Waals surface area contributed by atoms with E-state index in [1.165, 1.54) is 21.7 Å². The molecule has 0 saturated carbocycles. The van der Waals surface area contributed by atoms with Crippen LogP contribution in [0.5, 0.6) is 0 Å². The van der Waals surface area contributed by atoms with Crippen LogP contribution in [0.2, 0.25) is 0 Å². The number of benzene rings is 4. The summed E-state index contributed by atoms with van der Waals surface area (Å²) in [6.07, 6.45) is 1.10. The SMILES string of the molecule is [AsH2]C(CP(c1ccccc1)c1ccccc1)(c1ccccc1)c1ccccc1. The fourth-order valence-electron chi connectivity index (χ4n) is 3.62. The molecule has 0 saturated heterocycles. The van der Waals surface area contributed by atoms with Gasteiger partial charge < -0.3 is 0 Å². The fourth-order valence-corrected chi connectivity index (χ4v) is 8.17. The molecule has 0 aromatic heterocycles. The molecule has 0 bridgehead atoms. The van der Waals surface area contributed by atoms with Crippen molar-refractivity contribution in [1.29, 1.82) is 0 Å². The van der Waals surface area contributed by atoms with Gasteiger partial charge in [0.15, 0.2) is 0 Å². The average molecular weight is 442 g/mol. The Morgan fingerprint density at radius 2 is 0.821 bits per heavy atom. The summed E-state index contributed by atoms with van der Waals surface area (Å²) < 4.78 is 0.00685.